The van der Waals surface area contributed by atoms with Crippen molar-refractivity contribution >= 4 is 12.1 Å². The number of hydrazine groups is 1. The molecule has 1 fully saturated rings. The van der Waals surface area contributed by atoms with Gasteiger partial charge in [0.05, 0.1) is 12.7 Å². The summed E-state index contributed by atoms with van der Waals surface area (Å²) in [4.78, 5) is 27.9. The molecule has 1 aliphatic heterocycles. The Morgan fingerprint density at radius 1 is 1.07 bits per heavy atom. The third-order valence-electron chi connectivity index (χ3n) is 4.52. The fourth-order valence-corrected chi connectivity index (χ4v) is 3.21. The fourth-order valence-electron chi connectivity index (χ4n) is 3.21. The van der Waals surface area contributed by atoms with Crippen molar-refractivity contribution in [3.05, 3.63) is 35.9 Å². The van der Waals surface area contributed by atoms with Crippen LogP contribution in [0.5, 0.6) is 0 Å². The molecule has 0 aromatic heterocycles. The highest BCUT2D eigenvalue weighted by molar-refractivity contribution is 5.87. The number of esters is 1. The summed E-state index contributed by atoms with van der Waals surface area (Å²) < 4.78 is 16.3. The first kappa shape index (κ1) is 24.1. The molecular formula is C22H35N3O5. The number of hydrogen-bond acceptors (Lipinski definition) is 7. The molecule has 1 amide bonds. The normalized spacial score (nSPS) is 16.5. The van der Waals surface area contributed by atoms with E-state index in [-0.39, 0.29) is 6.73 Å². The Morgan fingerprint density at radius 2 is 1.67 bits per heavy atom. The van der Waals surface area contributed by atoms with Gasteiger partial charge in [-0.15, -0.1) is 0 Å². The lowest BCUT2D eigenvalue weighted by atomic mass is 9.88. The molecule has 0 atom stereocenters. The minimum Gasteiger partial charge on any atom is -0.467 e. The zero-order valence-corrected chi connectivity index (χ0v) is 19.2. The number of carbonyl (C=O) groups excluding carboxylic acids is 2. The van der Waals surface area contributed by atoms with Gasteiger partial charge in [-0.25, -0.2) is 20.0 Å². The van der Waals surface area contributed by atoms with E-state index in [1.807, 2.05) is 51.1 Å². The van der Waals surface area contributed by atoms with Crippen LogP contribution in [0.15, 0.2) is 30.3 Å². The summed E-state index contributed by atoms with van der Waals surface area (Å²) in [5.41, 5.74) is 1.75. The molecule has 168 valence electrons. The first-order valence-corrected chi connectivity index (χ1v) is 10.1. The van der Waals surface area contributed by atoms with Gasteiger partial charge in [0.15, 0.2) is 5.54 Å². The summed E-state index contributed by atoms with van der Waals surface area (Å²) in [6.45, 7) is 12.4. The van der Waals surface area contributed by atoms with Crippen molar-refractivity contribution in [2.45, 2.75) is 64.8 Å². The number of amides is 1. The average Bonchev–Trinajstić information content (AvgIpc) is 2.60. The fraction of sp³-hybridized carbons (Fsp3) is 0.636. The monoisotopic (exact) mass is 421 g/mol. The van der Waals surface area contributed by atoms with Gasteiger partial charge < -0.3 is 14.2 Å². The van der Waals surface area contributed by atoms with Gasteiger partial charge in [0.1, 0.15) is 12.3 Å². The Labute approximate surface area is 179 Å². The Balaban J connectivity index is 2.20. The molecular weight excluding hydrogens is 386 g/mol. The van der Waals surface area contributed by atoms with E-state index in [2.05, 4.69) is 10.3 Å². The van der Waals surface area contributed by atoms with Crippen molar-refractivity contribution in [2.75, 3.05) is 26.9 Å². The average molecular weight is 422 g/mol. The van der Waals surface area contributed by atoms with Crippen LogP contribution in [0.3, 0.4) is 0 Å². The van der Waals surface area contributed by atoms with Crippen molar-refractivity contribution in [1.29, 1.82) is 0 Å². The topological polar surface area (TPSA) is 80.3 Å². The number of hydrogen-bond donors (Lipinski definition) is 1. The summed E-state index contributed by atoms with van der Waals surface area (Å²) in [6.07, 6.45) is -0.648. The highest BCUT2D eigenvalue weighted by atomic mass is 16.6. The Hall–Kier alpha value is -2.16. The smallest absolute Gasteiger partial charge is 0.426 e. The quantitative estimate of drug-likeness (QED) is 0.412. The van der Waals surface area contributed by atoms with Gasteiger partial charge in [-0.05, 0) is 47.1 Å². The van der Waals surface area contributed by atoms with E-state index in [9.17, 15) is 9.59 Å². The number of methoxy groups -OCH3 is 1. The van der Waals surface area contributed by atoms with E-state index in [0.29, 0.717) is 19.6 Å². The maximum atomic E-state index is 13.0. The van der Waals surface area contributed by atoms with Crippen molar-refractivity contribution < 1.29 is 23.8 Å². The van der Waals surface area contributed by atoms with Crippen LogP contribution in [0, 0.1) is 0 Å². The van der Waals surface area contributed by atoms with E-state index in [0.717, 1.165) is 5.56 Å². The van der Waals surface area contributed by atoms with E-state index in [1.54, 1.807) is 20.8 Å². The second-order valence-corrected chi connectivity index (χ2v) is 9.53. The molecule has 8 nitrogen and oxygen atoms in total. The summed E-state index contributed by atoms with van der Waals surface area (Å²) in [5.74, 6) is -0.499. The lowest BCUT2D eigenvalue weighted by molar-refractivity contribution is -0.177. The molecule has 0 unspecified atom stereocenters. The molecule has 1 saturated heterocycles. The largest absolute Gasteiger partial charge is 0.467 e. The van der Waals surface area contributed by atoms with Crippen LogP contribution < -0.4 is 5.43 Å². The second-order valence-electron chi connectivity index (χ2n) is 9.53. The summed E-state index contributed by atoms with van der Waals surface area (Å²) >= 11 is 0. The van der Waals surface area contributed by atoms with Crippen LogP contribution in [0.25, 0.3) is 0 Å². The number of rotatable bonds is 7. The summed E-state index contributed by atoms with van der Waals surface area (Å²) in [7, 11) is 1.32. The number of carbonyl (C=O) groups is 2. The molecule has 1 aromatic carbocycles. The molecule has 30 heavy (non-hydrogen) atoms. The summed E-state index contributed by atoms with van der Waals surface area (Å²) in [6, 6.07) is 9.96. The lowest BCUT2D eigenvalue weighted by Gasteiger charge is -2.52. The number of nitrogens with one attached hydrogen (secondary N) is 1. The van der Waals surface area contributed by atoms with E-state index < -0.39 is 28.8 Å². The van der Waals surface area contributed by atoms with E-state index in [1.165, 1.54) is 12.1 Å². The van der Waals surface area contributed by atoms with E-state index >= 15 is 0 Å². The number of ether oxygens (including phenoxy) is 3. The molecule has 0 aliphatic carbocycles. The molecule has 0 spiro atoms. The SMILES string of the molecule is COC(=O)C1(N(NCOC(C)(C)C)C(=O)OC(C)(C)C)CN(Cc2ccccc2)C1. The highest BCUT2D eigenvalue weighted by Gasteiger charge is 2.57. The van der Waals surface area contributed by atoms with Gasteiger partial charge in [0, 0.05) is 19.6 Å². The molecule has 1 aromatic rings. The van der Waals surface area contributed by atoms with E-state index in [4.69, 9.17) is 14.2 Å². The minimum atomic E-state index is -1.20. The molecule has 0 bridgehead atoms. The van der Waals surface area contributed by atoms with Crippen LogP contribution in [0.4, 0.5) is 4.79 Å². The number of likely N-dealkylation sites (tertiary alicyclic amines) is 1. The molecule has 2 rings (SSSR count). The van der Waals surface area contributed by atoms with Crippen LogP contribution in [-0.2, 0) is 25.5 Å². The zero-order chi connectivity index (χ0) is 22.6. The van der Waals surface area contributed by atoms with Gasteiger partial charge in [0.25, 0.3) is 0 Å². The van der Waals surface area contributed by atoms with Gasteiger partial charge in [-0.2, -0.15) is 0 Å². The third kappa shape index (κ3) is 6.42. The maximum Gasteiger partial charge on any atom is 0.426 e. The molecule has 1 aliphatic rings. The predicted octanol–water partition coefficient (Wildman–Crippen LogP) is 2.93. The van der Waals surface area contributed by atoms with Crippen molar-refractivity contribution in [2.24, 2.45) is 0 Å². The van der Waals surface area contributed by atoms with Gasteiger partial charge in [0.2, 0.25) is 0 Å². The van der Waals surface area contributed by atoms with Crippen LogP contribution in [0.2, 0.25) is 0 Å². The molecule has 8 heteroatoms. The highest BCUT2D eigenvalue weighted by Crippen LogP contribution is 2.31. The van der Waals surface area contributed by atoms with Crippen molar-refractivity contribution in [3.63, 3.8) is 0 Å². The Kier molecular flexibility index (Phi) is 7.49. The Morgan fingerprint density at radius 3 is 2.17 bits per heavy atom. The van der Waals surface area contributed by atoms with Crippen LogP contribution in [-0.4, -0.2) is 65.6 Å². The molecule has 1 heterocycles. The lowest BCUT2D eigenvalue weighted by Crippen LogP contribution is -2.77. The molecule has 0 radical (unpaired) electrons. The Bertz CT molecular complexity index is 719. The third-order valence-corrected chi connectivity index (χ3v) is 4.52. The maximum absolute atomic E-state index is 13.0. The van der Waals surface area contributed by atoms with Gasteiger partial charge >= 0.3 is 12.1 Å². The minimum absolute atomic E-state index is 0.0418. The first-order chi connectivity index (χ1) is 13.9. The van der Waals surface area contributed by atoms with Crippen LogP contribution in [0.1, 0.15) is 47.1 Å². The van der Waals surface area contributed by atoms with Crippen molar-refractivity contribution in [1.82, 2.24) is 15.3 Å². The number of benzene rings is 1. The second kappa shape index (κ2) is 9.32. The van der Waals surface area contributed by atoms with Crippen molar-refractivity contribution in [3.8, 4) is 0 Å². The standard InChI is InChI=1S/C22H35N3O5/c1-20(2,3)29-16-23-25(19(27)30-21(4,5)6)22(18(26)28-7)14-24(15-22)13-17-11-9-8-10-12-17/h8-12,23H,13-16H2,1-7H3. The zero-order valence-electron chi connectivity index (χ0n) is 19.2. The molecule has 0 saturated carbocycles. The predicted molar refractivity (Wildman–Crippen MR) is 113 cm³/mol. The first-order valence-electron chi connectivity index (χ1n) is 10.1. The van der Waals surface area contributed by atoms with Gasteiger partial charge in [-0.1, -0.05) is 30.3 Å². The van der Waals surface area contributed by atoms with Crippen LogP contribution >= 0.6 is 0 Å². The van der Waals surface area contributed by atoms with Gasteiger partial charge in [-0.3, -0.25) is 4.90 Å². The summed E-state index contributed by atoms with van der Waals surface area (Å²) in [5, 5.41) is 1.23. The number of nitrogens with zero attached hydrogens (tertiary/aromatic N) is 2. The molecule has 1 N–H and O–H groups in total.